The van der Waals surface area contributed by atoms with Gasteiger partial charge in [-0.1, -0.05) is 26.8 Å². The number of nitrogens with zero attached hydrogens (tertiary/aromatic N) is 2. The van der Waals surface area contributed by atoms with Gasteiger partial charge in [0.15, 0.2) is 6.10 Å². The fourth-order valence-electron chi connectivity index (χ4n) is 3.59. The van der Waals surface area contributed by atoms with Crippen LogP contribution in [-0.4, -0.2) is 66.5 Å². The number of epoxide rings is 1. The molecule has 0 amide bonds. The number of hydrogen-bond donors (Lipinski definition) is 1. The van der Waals surface area contributed by atoms with E-state index in [0.29, 0.717) is 6.61 Å². The number of piperazine rings is 1. The van der Waals surface area contributed by atoms with Gasteiger partial charge in [-0.25, -0.2) is 4.79 Å². The van der Waals surface area contributed by atoms with Crippen LogP contribution in [0.15, 0.2) is 23.1 Å². The number of carbonyl (C=O) groups excluding carboxylic acids is 1. The summed E-state index contributed by atoms with van der Waals surface area (Å²) in [7, 11) is -0.427. The summed E-state index contributed by atoms with van der Waals surface area (Å²) < 4.78 is 11.0. The number of benzene rings is 1. The second kappa shape index (κ2) is 8.65. The van der Waals surface area contributed by atoms with Crippen LogP contribution in [-0.2, 0) is 14.3 Å². The van der Waals surface area contributed by atoms with Crippen molar-refractivity contribution in [2.45, 2.75) is 56.4 Å². The minimum absolute atomic E-state index is 0.0483. The zero-order chi connectivity index (χ0) is 20.5. The molecule has 8 heteroatoms. The number of rotatable bonds is 6. The van der Waals surface area contributed by atoms with E-state index in [4.69, 9.17) is 9.47 Å². The zero-order valence-corrected chi connectivity index (χ0v) is 18.3. The number of carbonyl (C=O) groups is 1. The predicted octanol–water partition coefficient (Wildman–Crippen LogP) is 2.81. The van der Waals surface area contributed by atoms with E-state index in [-0.39, 0.29) is 16.8 Å². The normalized spacial score (nSPS) is 22.9. The summed E-state index contributed by atoms with van der Waals surface area (Å²) in [6, 6.07) is 6.31. The highest BCUT2D eigenvalue weighted by molar-refractivity contribution is 8.00. The molecule has 3 rings (SSSR count). The maximum atomic E-state index is 12.2. The molecule has 0 bridgehead atoms. The molecule has 2 unspecified atom stereocenters. The highest BCUT2D eigenvalue weighted by Gasteiger charge is 2.50. The monoisotopic (exact) mass is 406 g/mol. The van der Waals surface area contributed by atoms with Gasteiger partial charge in [0, 0.05) is 47.1 Å². The third-order valence-corrected chi connectivity index (χ3v) is 6.13. The average Bonchev–Trinajstić information content (AvgIpc) is 3.41. The van der Waals surface area contributed by atoms with Crippen LogP contribution in [0.5, 0.6) is 0 Å². The molecule has 28 heavy (non-hydrogen) atoms. The van der Waals surface area contributed by atoms with E-state index in [0.717, 1.165) is 42.3 Å². The van der Waals surface area contributed by atoms with Crippen molar-refractivity contribution in [1.29, 1.82) is 0 Å². The molecule has 154 valence electrons. The van der Waals surface area contributed by atoms with Crippen molar-refractivity contribution >= 4 is 30.5 Å². The number of thioether (sulfide) groups is 1. The highest BCUT2D eigenvalue weighted by Crippen LogP contribution is 2.49. The Morgan fingerprint density at radius 2 is 2.00 bits per heavy atom. The Labute approximate surface area is 172 Å². The first-order chi connectivity index (χ1) is 13.2. The van der Waals surface area contributed by atoms with Gasteiger partial charge >= 0.3 is 13.0 Å². The van der Waals surface area contributed by atoms with Crippen LogP contribution in [0.4, 0.5) is 5.69 Å². The molecule has 0 aromatic heterocycles. The largest absolute Gasteiger partial charge is 0.464 e. The summed E-state index contributed by atoms with van der Waals surface area (Å²) in [5, 5.41) is 9.84. The second-order valence-electron chi connectivity index (χ2n) is 8.29. The molecule has 2 fully saturated rings. The van der Waals surface area contributed by atoms with E-state index in [1.165, 1.54) is 0 Å². The van der Waals surface area contributed by atoms with Crippen LogP contribution in [0.3, 0.4) is 0 Å². The van der Waals surface area contributed by atoms with E-state index in [1.807, 2.05) is 13.7 Å². The van der Waals surface area contributed by atoms with Crippen molar-refractivity contribution in [1.82, 2.24) is 4.81 Å². The first-order valence-corrected chi connectivity index (χ1v) is 10.8. The van der Waals surface area contributed by atoms with Crippen LogP contribution >= 0.6 is 11.8 Å². The van der Waals surface area contributed by atoms with Gasteiger partial charge in [0.25, 0.3) is 0 Å². The molecule has 0 aliphatic carbocycles. The molecular weight excluding hydrogens is 375 g/mol. The second-order valence-corrected chi connectivity index (χ2v) is 10.2. The molecule has 1 aromatic rings. The lowest BCUT2D eigenvalue weighted by Gasteiger charge is -2.38. The lowest BCUT2D eigenvalue weighted by Crippen LogP contribution is -2.51. The van der Waals surface area contributed by atoms with Gasteiger partial charge in [-0.2, -0.15) is 0 Å². The van der Waals surface area contributed by atoms with Gasteiger partial charge in [0.1, 0.15) is 6.10 Å². The first-order valence-electron chi connectivity index (χ1n) is 10.0. The number of anilines is 1. The van der Waals surface area contributed by atoms with Gasteiger partial charge in [-0.05, 0) is 25.9 Å². The summed E-state index contributed by atoms with van der Waals surface area (Å²) in [5.41, 5.74) is 2.21. The van der Waals surface area contributed by atoms with E-state index in [9.17, 15) is 9.82 Å². The SMILES string of the molecule is CCOC(=O)C1OC1c1c(SC(C)(C)C)cccc1N1CCN(B(C)O)CC1. The molecule has 2 heterocycles. The maximum Gasteiger partial charge on any atom is 0.376 e. The van der Waals surface area contributed by atoms with Gasteiger partial charge in [0.2, 0.25) is 0 Å². The molecule has 6 nitrogen and oxygen atoms in total. The van der Waals surface area contributed by atoms with Gasteiger partial charge in [0.05, 0.1) is 6.61 Å². The van der Waals surface area contributed by atoms with E-state index in [2.05, 4.69) is 48.7 Å². The Hall–Kier alpha value is -1.22. The van der Waals surface area contributed by atoms with Crippen LogP contribution < -0.4 is 4.90 Å². The summed E-state index contributed by atoms with van der Waals surface area (Å²) in [5.74, 6) is -0.284. The van der Waals surface area contributed by atoms with Crippen molar-refractivity contribution in [2.24, 2.45) is 0 Å². The number of ether oxygens (including phenoxy) is 2. The van der Waals surface area contributed by atoms with Crippen molar-refractivity contribution in [2.75, 3.05) is 37.7 Å². The topological polar surface area (TPSA) is 65.5 Å². The third kappa shape index (κ3) is 5.03. The molecule has 2 aliphatic heterocycles. The van der Waals surface area contributed by atoms with E-state index < -0.39 is 13.2 Å². The zero-order valence-electron chi connectivity index (χ0n) is 17.5. The molecule has 2 aliphatic rings. The molecule has 1 N–H and O–H groups in total. The molecular formula is C20H31BN2O4S. The Bertz CT molecular complexity index is 702. The first kappa shape index (κ1) is 21.5. The molecule has 2 atom stereocenters. The van der Waals surface area contributed by atoms with E-state index in [1.54, 1.807) is 11.8 Å². The lowest BCUT2D eigenvalue weighted by atomic mass is 9.84. The molecule has 0 radical (unpaired) electrons. The van der Waals surface area contributed by atoms with Crippen molar-refractivity contribution in [3.05, 3.63) is 23.8 Å². The minimum atomic E-state index is -0.515. The van der Waals surface area contributed by atoms with Crippen LogP contribution in [0, 0.1) is 0 Å². The fraction of sp³-hybridized carbons (Fsp3) is 0.650. The van der Waals surface area contributed by atoms with Crippen LogP contribution in [0.25, 0.3) is 0 Å². The van der Waals surface area contributed by atoms with Gasteiger partial charge in [-0.3, -0.25) is 0 Å². The van der Waals surface area contributed by atoms with Gasteiger partial charge in [-0.15, -0.1) is 11.8 Å². The maximum absolute atomic E-state index is 12.2. The smallest absolute Gasteiger partial charge is 0.376 e. The van der Waals surface area contributed by atoms with E-state index >= 15 is 0 Å². The Balaban J connectivity index is 1.88. The summed E-state index contributed by atoms with van der Waals surface area (Å²) >= 11 is 1.80. The third-order valence-electron chi connectivity index (χ3n) is 4.94. The van der Waals surface area contributed by atoms with Crippen molar-refractivity contribution in [3.63, 3.8) is 0 Å². The average molecular weight is 406 g/mol. The van der Waals surface area contributed by atoms with Crippen molar-refractivity contribution in [3.8, 4) is 0 Å². The van der Waals surface area contributed by atoms with Gasteiger partial charge < -0.3 is 24.2 Å². The minimum Gasteiger partial charge on any atom is -0.464 e. The molecule has 0 spiro atoms. The Morgan fingerprint density at radius 1 is 1.32 bits per heavy atom. The van der Waals surface area contributed by atoms with Crippen LogP contribution in [0.1, 0.15) is 39.4 Å². The lowest BCUT2D eigenvalue weighted by molar-refractivity contribution is -0.144. The van der Waals surface area contributed by atoms with Crippen molar-refractivity contribution < 1.29 is 19.3 Å². The fourth-order valence-corrected chi connectivity index (χ4v) is 4.72. The molecule has 1 aromatic carbocycles. The standard InChI is InChI=1S/C20H31BN2O4S/c1-6-26-19(24)18-17(27-18)16-14(8-7-9-15(16)28-20(2,3)4)22-10-12-23(13-11-22)21(5)25/h7-9,17-18,25H,6,10-13H2,1-5H3. The number of esters is 1. The molecule has 2 saturated heterocycles. The Kier molecular flexibility index (Phi) is 6.64. The quantitative estimate of drug-likeness (QED) is 0.337. The Morgan fingerprint density at radius 3 is 2.57 bits per heavy atom. The summed E-state index contributed by atoms with van der Waals surface area (Å²) in [6.45, 7) is 13.8. The number of hydrogen-bond acceptors (Lipinski definition) is 7. The summed E-state index contributed by atoms with van der Waals surface area (Å²) in [4.78, 5) is 17.7. The van der Waals surface area contributed by atoms with Crippen LogP contribution in [0.2, 0.25) is 6.82 Å². The molecule has 0 saturated carbocycles. The highest BCUT2D eigenvalue weighted by atomic mass is 32.2. The predicted molar refractivity (Wildman–Crippen MR) is 114 cm³/mol. The summed E-state index contributed by atoms with van der Waals surface area (Å²) in [6.07, 6.45) is -0.769.